The summed E-state index contributed by atoms with van der Waals surface area (Å²) in [5.74, 6) is 0.402. The van der Waals surface area contributed by atoms with Gasteiger partial charge in [-0.1, -0.05) is 53.7 Å². The molecular formula is C19H30O3. The Labute approximate surface area is 134 Å². The second-order valence-corrected chi connectivity index (χ2v) is 7.94. The first-order valence-corrected chi connectivity index (χ1v) is 7.94. The summed E-state index contributed by atoms with van der Waals surface area (Å²) in [6.45, 7) is 14.4. The van der Waals surface area contributed by atoms with Gasteiger partial charge in [-0.2, -0.15) is 0 Å². The zero-order valence-corrected chi connectivity index (χ0v) is 15.0. The maximum absolute atomic E-state index is 11.6. The van der Waals surface area contributed by atoms with Crippen LogP contribution in [0.5, 0.6) is 5.75 Å². The number of carbonyl (C=O) groups is 1. The smallest absolute Gasteiger partial charge is 0.308 e. The van der Waals surface area contributed by atoms with Crippen LogP contribution in [-0.4, -0.2) is 17.7 Å². The van der Waals surface area contributed by atoms with E-state index in [0.29, 0.717) is 5.75 Å². The van der Waals surface area contributed by atoms with Crippen LogP contribution in [0.2, 0.25) is 0 Å². The Balaban J connectivity index is 3.58. The molecule has 3 heteroatoms. The molecule has 0 saturated carbocycles. The van der Waals surface area contributed by atoms with Gasteiger partial charge in [0, 0.05) is 24.7 Å². The first kappa shape index (κ1) is 18.7. The molecule has 0 radical (unpaired) electrons. The third kappa shape index (κ3) is 4.84. The lowest BCUT2D eigenvalue weighted by Gasteiger charge is -2.30. The summed E-state index contributed by atoms with van der Waals surface area (Å²) in [6.07, 6.45) is 1.56. The summed E-state index contributed by atoms with van der Waals surface area (Å²) < 4.78 is 5.60. The summed E-state index contributed by atoms with van der Waals surface area (Å²) in [5.41, 5.74) is 3.02. The van der Waals surface area contributed by atoms with Gasteiger partial charge in [0.25, 0.3) is 0 Å². The van der Waals surface area contributed by atoms with Gasteiger partial charge in [0.05, 0.1) is 0 Å². The van der Waals surface area contributed by atoms with Crippen LogP contribution in [0.15, 0.2) is 12.1 Å². The van der Waals surface area contributed by atoms with Crippen LogP contribution < -0.4 is 4.74 Å². The summed E-state index contributed by atoms with van der Waals surface area (Å²) in [5, 5.41) is 9.09. The minimum absolute atomic E-state index is 0.125. The minimum atomic E-state index is -0.292. The van der Waals surface area contributed by atoms with Crippen LogP contribution in [-0.2, 0) is 22.0 Å². The highest BCUT2D eigenvalue weighted by Crippen LogP contribution is 2.41. The molecule has 0 fully saturated rings. The van der Waals surface area contributed by atoms with E-state index in [0.717, 1.165) is 24.0 Å². The molecule has 0 saturated heterocycles. The third-order valence-electron chi connectivity index (χ3n) is 3.63. The van der Waals surface area contributed by atoms with Crippen LogP contribution in [0.3, 0.4) is 0 Å². The number of rotatable bonds is 4. The average Bonchev–Trinajstić information content (AvgIpc) is 2.33. The Bertz CT molecular complexity index is 496. The topological polar surface area (TPSA) is 46.5 Å². The highest BCUT2D eigenvalue weighted by molar-refractivity contribution is 5.71. The maximum atomic E-state index is 11.6. The summed E-state index contributed by atoms with van der Waals surface area (Å²) >= 11 is 0. The van der Waals surface area contributed by atoms with Crippen molar-refractivity contribution in [3.05, 3.63) is 28.8 Å². The molecule has 0 aliphatic heterocycles. The Morgan fingerprint density at radius 2 is 1.50 bits per heavy atom. The Morgan fingerprint density at radius 3 is 1.82 bits per heavy atom. The quantitative estimate of drug-likeness (QED) is 0.672. The average molecular weight is 306 g/mol. The fraction of sp³-hybridized carbons (Fsp3) is 0.632. The van der Waals surface area contributed by atoms with Crippen molar-refractivity contribution >= 4 is 5.97 Å². The largest absolute Gasteiger partial charge is 0.426 e. The number of esters is 1. The van der Waals surface area contributed by atoms with Gasteiger partial charge in [0.15, 0.2) is 0 Å². The fourth-order valence-electron chi connectivity index (χ4n) is 2.48. The molecule has 0 aromatic heterocycles. The second-order valence-electron chi connectivity index (χ2n) is 7.94. The molecular weight excluding hydrogens is 276 g/mol. The molecule has 0 aliphatic rings. The van der Waals surface area contributed by atoms with E-state index >= 15 is 0 Å². The number of carbonyl (C=O) groups excluding carboxylic acids is 1. The van der Waals surface area contributed by atoms with Gasteiger partial charge < -0.3 is 9.84 Å². The van der Waals surface area contributed by atoms with Crippen molar-refractivity contribution in [1.29, 1.82) is 0 Å². The molecule has 1 N–H and O–H groups in total. The lowest BCUT2D eigenvalue weighted by Crippen LogP contribution is -2.21. The Hall–Kier alpha value is -1.35. The van der Waals surface area contributed by atoms with Crippen LogP contribution >= 0.6 is 0 Å². The highest BCUT2D eigenvalue weighted by Gasteiger charge is 2.28. The van der Waals surface area contributed by atoms with Crippen molar-refractivity contribution in [2.24, 2.45) is 0 Å². The molecule has 0 spiro atoms. The van der Waals surface area contributed by atoms with Gasteiger partial charge in [-0.25, -0.2) is 0 Å². The summed E-state index contributed by atoms with van der Waals surface area (Å²) in [4.78, 5) is 11.6. The van der Waals surface area contributed by atoms with E-state index in [4.69, 9.17) is 9.84 Å². The van der Waals surface area contributed by atoms with Crippen LogP contribution in [0, 0.1) is 0 Å². The second kappa shape index (κ2) is 6.82. The lowest BCUT2D eigenvalue weighted by atomic mass is 9.78. The van der Waals surface area contributed by atoms with Crippen molar-refractivity contribution < 1.29 is 14.6 Å². The van der Waals surface area contributed by atoms with Crippen LogP contribution in [0.4, 0.5) is 0 Å². The molecule has 0 atom stereocenters. The third-order valence-corrected chi connectivity index (χ3v) is 3.63. The lowest BCUT2D eigenvalue weighted by molar-refractivity contribution is -0.132. The highest BCUT2D eigenvalue weighted by atomic mass is 16.5. The molecule has 1 rings (SSSR count). The normalized spacial score (nSPS) is 12.4. The van der Waals surface area contributed by atoms with Crippen molar-refractivity contribution in [2.75, 3.05) is 6.61 Å². The molecule has 3 nitrogen and oxygen atoms in total. The number of benzene rings is 1. The minimum Gasteiger partial charge on any atom is -0.426 e. The number of ether oxygens (including phenoxy) is 1. The van der Waals surface area contributed by atoms with E-state index in [-0.39, 0.29) is 23.4 Å². The van der Waals surface area contributed by atoms with E-state index < -0.39 is 0 Å². The number of aryl methyl sites for hydroxylation is 1. The van der Waals surface area contributed by atoms with Crippen LogP contribution in [0.25, 0.3) is 0 Å². The van der Waals surface area contributed by atoms with E-state index in [1.54, 1.807) is 0 Å². The zero-order chi connectivity index (χ0) is 17.1. The standard InChI is InChI=1S/C19H30O3/c1-13(21)22-17-15(18(2,3)4)11-14(9-8-10-20)12-16(17)19(5,6)7/h11-12,20H,8-10H2,1-7H3. The van der Waals surface area contributed by atoms with Gasteiger partial charge in [-0.3, -0.25) is 4.79 Å². The molecule has 0 unspecified atom stereocenters. The molecule has 124 valence electrons. The van der Waals surface area contributed by atoms with Crippen molar-refractivity contribution in [2.45, 2.75) is 72.1 Å². The first-order chi connectivity index (χ1) is 9.96. The van der Waals surface area contributed by atoms with Crippen LogP contribution in [0.1, 0.15) is 71.6 Å². The van der Waals surface area contributed by atoms with Gasteiger partial charge in [-0.05, 0) is 29.2 Å². The fourth-order valence-corrected chi connectivity index (χ4v) is 2.48. The van der Waals surface area contributed by atoms with E-state index in [2.05, 4.69) is 53.7 Å². The monoisotopic (exact) mass is 306 g/mol. The molecule has 22 heavy (non-hydrogen) atoms. The molecule has 0 amide bonds. The van der Waals surface area contributed by atoms with Crippen molar-refractivity contribution in [3.8, 4) is 5.75 Å². The maximum Gasteiger partial charge on any atom is 0.308 e. The van der Waals surface area contributed by atoms with Crippen molar-refractivity contribution in [1.82, 2.24) is 0 Å². The van der Waals surface area contributed by atoms with Gasteiger partial charge in [-0.15, -0.1) is 0 Å². The summed E-state index contributed by atoms with van der Waals surface area (Å²) in [6, 6.07) is 4.23. The molecule has 1 aromatic carbocycles. The Kier molecular flexibility index (Phi) is 5.80. The van der Waals surface area contributed by atoms with Gasteiger partial charge >= 0.3 is 5.97 Å². The molecule has 1 aromatic rings. The van der Waals surface area contributed by atoms with E-state index in [9.17, 15) is 4.79 Å². The molecule has 0 aliphatic carbocycles. The number of hydrogen-bond acceptors (Lipinski definition) is 3. The Morgan fingerprint density at radius 1 is 1.05 bits per heavy atom. The number of aliphatic hydroxyl groups excluding tert-OH is 1. The molecule has 0 heterocycles. The number of hydrogen-bond donors (Lipinski definition) is 1. The predicted octanol–water partition coefficient (Wildman–Crippen LogP) is 4.13. The van der Waals surface area contributed by atoms with E-state index in [1.165, 1.54) is 12.5 Å². The molecule has 0 bridgehead atoms. The van der Waals surface area contributed by atoms with E-state index in [1.807, 2.05) is 0 Å². The predicted molar refractivity (Wildman–Crippen MR) is 90.6 cm³/mol. The SMILES string of the molecule is CC(=O)Oc1c(C(C)(C)C)cc(CCCO)cc1C(C)(C)C. The summed E-state index contributed by atoms with van der Waals surface area (Å²) in [7, 11) is 0. The zero-order valence-electron chi connectivity index (χ0n) is 15.0. The first-order valence-electron chi connectivity index (χ1n) is 7.94. The van der Waals surface area contributed by atoms with Gasteiger partial charge in [0.1, 0.15) is 5.75 Å². The van der Waals surface area contributed by atoms with Gasteiger partial charge in [0.2, 0.25) is 0 Å². The number of aliphatic hydroxyl groups is 1. The van der Waals surface area contributed by atoms with Crippen molar-refractivity contribution in [3.63, 3.8) is 0 Å².